The van der Waals surface area contributed by atoms with Gasteiger partial charge in [0, 0.05) is 57.5 Å². The summed E-state index contributed by atoms with van der Waals surface area (Å²) in [7, 11) is 0. The Balaban J connectivity index is 1.42. The van der Waals surface area contributed by atoms with Crippen molar-refractivity contribution in [3.63, 3.8) is 0 Å². The third kappa shape index (κ3) is 4.10. The molecule has 0 saturated carbocycles. The Morgan fingerprint density at radius 2 is 1.81 bits per heavy atom. The van der Waals surface area contributed by atoms with E-state index in [-0.39, 0.29) is 17.6 Å². The zero-order chi connectivity index (χ0) is 25.5. The van der Waals surface area contributed by atoms with Gasteiger partial charge >= 0.3 is 0 Å². The Morgan fingerprint density at radius 3 is 2.65 bits per heavy atom. The Hall–Kier alpha value is -4.92. The molecule has 6 aromatic rings. The molecule has 3 N–H and O–H groups in total. The van der Waals surface area contributed by atoms with Crippen molar-refractivity contribution in [1.29, 1.82) is 0 Å². The predicted molar refractivity (Wildman–Crippen MR) is 141 cm³/mol. The van der Waals surface area contributed by atoms with Crippen molar-refractivity contribution >= 4 is 33.5 Å². The number of aromatic nitrogens is 6. The molecule has 37 heavy (non-hydrogen) atoms. The maximum Gasteiger partial charge on any atom is 0.226 e. The number of aromatic amines is 2. The number of carbonyl (C=O) groups is 1. The molecular formula is C28H22FN7O. The first kappa shape index (κ1) is 22.5. The third-order valence-corrected chi connectivity index (χ3v) is 6.22. The fraction of sp³-hybridized carbons (Fsp3) is 0.107. The summed E-state index contributed by atoms with van der Waals surface area (Å²) >= 11 is 0. The first-order valence-electron chi connectivity index (χ1n) is 11.8. The molecule has 0 aliphatic rings. The number of carbonyl (C=O) groups excluding carboxylic acids is 1. The Morgan fingerprint density at radius 1 is 0.973 bits per heavy atom. The fourth-order valence-corrected chi connectivity index (χ4v) is 4.27. The molecule has 0 spiro atoms. The van der Waals surface area contributed by atoms with E-state index in [0.717, 1.165) is 38.8 Å². The standard InChI is InChI=1S/C28H22FN7O/c1-15(2)28(37)33-18-9-16(12-30-14-18)17-10-21-26(35-36-27(21)32-13-17)24-11-20-23(34-24)7-8-31-25(20)19-5-3-4-6-22(19)29/h3-15,34H,1-2H3,(H,33,37)(H,32,35,36). The number of nitrogens with one attached hydrogen (secondary N) is 3. The summed E-state index contributed by atoms with van der Waals surface area (Å²) in [6.07, 6.45) is 6.73. The zero-order valence-electron chi connectivity index (χ0n) is 20.1. The van der Waals surface area contributed by atoms with Gasteiger partial charge in [-0.05, 0) is 36.4 Å². The van der Waals surface area contributed by atoms with Crippen molar-refractivity contribution in [2.45, 2.75) is 13.8 Å². The molecule has 0 fully saturated rings. The highest BCUT2D eigenvalue weighted by atomic mass is 19.1. The summed E-state index contributed by atoms with van der Waals surface area (Å²) in [5.74, 6) is -0.542. The summed E-state index contributed by atoms with van der Waals surface area (Å²) in [6, 6.07) is 14.2. The first-order chi connectivity index (χ1) is 18.0. The van der Waals surface area contributed by atoms with Crippen LogP contribution in [0.25, 0.3) is 55.7 Å². The molecule has 0 atom stereocenters. The number of anilines is 1. The lowest BCUT2D eigenvalue weighted by atomic mass is 10.1. The average Bonchev–Trinajstić information content (AvgIpc) is 3.53. The average molecular weight is 492 g/mol. The monoisotopic (exact) mass is 491 g/mol. The van der Waals surface area contributed by atoms with Gasteiger partial charge in [-0.15, -0.1) is 0 Å². The van der Waals surface area contributed by atoms with Gasteiger partial charge in [0.05, 0.1) is 29.0 Å². The first-order valence-corrected chi connectivity index (χ1v) is 11.8. The van der Waals surface area contributed by atoms with Gasteiger partial charge in [-0.2, -0.15) is 5.10 Å². The second-order valence-corrected chi connectivity index (χ2v) is 9.08. The van der Waals surface area contributed by atoms with Crippen LogP contribution >= 0.6 is 0 Å². The van der Waals surface area contributed by atoms with Crippen molar-refractivity contribution < 1.29 is 9.18 Å². The largest absolute Gasteiger partial charge is 0.353 e. The van der Waals surface area contributed by atoms with Crippen molar-refractivity contribution in [2.75, 3.05) is 5.32 Å². The molecule has 5 aromatic heterocycles. The van der Waals surface area contributed by atoms with Crippen LogP contribution in [0, 0.1) is 11.7 Å². The van der Waals surface area contributed by atoms with Crippen molar-refractivity contribution in [2.24, 2.45) is 5.92 Å². The molecule has 0 aliphatic heterocycles. The molecule has 5 heterocycles. The Kier molecular flexibility index (Phi) is 5.45. The molecule has 9 heteroatoms. The molecule has 0 saturated heterocycles. The van der Waals surface area contributed by atoms with E-state index in [4.69, 9.17) is 0 Å². The second-order valence-electron chi connectivity index (χ2n) is 9.08. The minimum absolute atomic E-state index is 0.0762. The van der Waals surface area contributed by atoms with Crippen LogP contribution in [0.5, 0.6) is 0 Å². The molecule has 8 nitrogen and oxygen atoms in total. The number of hydrogen-bond acceptors (Lipinski definition) is 5. The number of rotatable bonds is 5. The molecule has 1 aromatic carbocycles. The molecule has 0 bridgehead atoms. The van der Waals surface area contributed by atoms with Gasteiger partial charge in [-0.1, -0.05) is 26.0 Å². The van der Waals surface area contributed by atoms with E-state index in [1.54, 1.807) is 43.0 Å². The van der Waals surface area contributed by atoms with E-state index in [1.807, 2.05) is 38.1 Å². The van der Waals surface area contributed by atoms with Crippen LogP contribution in [0.2, 0.25) is 0 Å². The molecule has 0 unspecified atom stereocenters. The smallest absolute Gasteiger partial charge is 0.226 e. The van der Waals surface area contributed by atoms with Crippen LogP contribution in [-0.4, -0.2) is 36.0 Å². The number of H-pyrrole nitrogens is 2. The van der Waals surface area contributed by atoms with Crippen LogP contribution in [0.4, 0.5) is 10.1 Å². The summed E-state index contributed by atoms with van der Waals surface area (Å²) in [6.45, 7) is 3.68. The van der Waals surface area contributed by atoms with Gasteiger partial charge in [0.1, 0.15) is 5.82 Å². The lowest BCUT2D eigenvalue weighted by molar-refractivity contribution is -0.118. The highest BCUT2D eigenvalue weighted by molar-refractivity contribution is 6.00. The summed E-state index contributed by atoms with van der Waals surface area (Å²) in [4.78, 5) is 28.8. The maximum absolute atomic E-state index is 14.5. The molecule has 1 amide bonds. The second kappa shape index (κ2) is 8.94. The molecule has 0 aliphatic carbocycles. The summed E-state index contributed by atoms with van der Waals surface area (Å²) in [5.41, 5.74) is 6.16. The number of pyridine rings is 3. The Labute approximate surface area is 211 Å². The number of amides is 1. The number of nitrogens with zero attached hydrogens (tertiary/aromatic N) is 4. The molecule has 0 radical (unpaired) electrons. The van der Waals surface area contributed by atoms with Crippen LogP contribution in [0.3, 0.4) is 0 Å². The summed E-state index contributed by atoms with van der Waals surface area (Å²) < 4.78 is 14.5. The van der Waals surface area contributed by atoms with Gasteiger partial charge in [0.25, 0.3) is 0 Å². The van der Waals surface area contributed by atoms with E-state index < -0.39 is 0 Å². The number of halogens is 1. The quantitative estimate of drug-likeness (QED) is 0.275. The van der Waals surface area contributed by atoms with Crippen LogP contribution in [0.1, 0.15) is 13.8 Å². The van der Waals surface area contributed by atoms with E-state index in [1.165, 1.54) is 6.07 Å². The summed E-state index contributed by atoms with van der Waals surface area (Å²) in [5, 5.41) is 11.9. The number of fused-ring (bicyclic) bond motifs is 2. The third-order valence-electron chi connectivity index (χ3n) is 6.22. The van der Waals surface area contributed by atoms with Crippen molar-refractivity contribution in [3.05, 3.63) is 79.1 Å². The van der Waals surface area contributed by atoms with Gasteiger partial charge in [-0.3, -0.25) is 19.9 Å². The highest BCUT2D eigenvalue weighted by Crippen LogP contribution is 2.34. The van der Waals surface area contributed by atoms with Gasteiger partial charge in [0.15, 0.2) is 5.65 Å². The van der Waals surface area contributed by atoms with E-state index >= 15 is 0 Å². The van der Waals surface area contributed by atoms with Gasteiger partial charge in [0.2, 0.25) is 5.91 Å². The molecular weight excluding hydrogens is 469 g/mol. The molecule has 6 rings (SSSR count). The minimum atomic E-state index is -0.327. The van der Waals surface area contributed by atoms with Crippen LogP contribution in [0.15, 0.2) is 73.3 Å². The normalized spacial score (nSPS) is 11.5. The predicted octanol–water partition coefficient (Wildman–Crippen LogP) is 5.96. The maximum atomic E-state index is 14.5. The zero-order valence-corrected chi connectivity index (χ0v) is 20.1. The SMILES string of the molecule is CC(C)C(=O)Nc1cncc(-c2cnc3n[nH]c(-c4cc5c(-c6ccccc6F)nccc5[nH]4)c3c2)c1. The van der Waals surface area contributed by atoms with Crippen molar-refractivity contribution in [1.82, 2.24) is 30.1 Å². The highest BCUT2D eigenvalue weighted by Gasteiger charge is 2.17. The van der Waals surface area contributed by atoms with E-state index in [0.29, 0.717) is 22.6 Å². The lowest BCUT2D eigenvalue weighted by Crippen LogP contribution is -2.17. The van der Waals surface area contributed by atoms with E-state index in [2.05, 4.69) is 35.5 Å². The van der Waals surface area contributed by atoms with Crippen molar-refractivity contribution in [3.8, 4) is 33.8 Å². The number of benzene rings is 1. The van der Waals surface area contributed by atoms with Gasteiger partial charge < -0.3 is 10.3 Å². The topological polar surface area (TPSA) is 112 Å². The van der Waals surface area contributed by atoms with Gasteiger partial charge in [-0.25, -0.2) is 9.37 Å². The Bertz CT molecular complexity index is 1790. The van der Waals surface area contributed by atoms with Crippen LogP contribution in [-0.2, 0) is 4.79 Å². The fourth-order valence-electron chi connectivity index (χ4n) is 4.27. The van der Waals surface area contributed by atoms with E-state index in [9.17, 15) is 9.18 Å². The minimum Gasteiger partial charge on any atom is -0.353 e. The lowest BCUT2D eigenvalue weighted by Gasteiger charge is -2.09. The van der Waals surface area contributed by atoms with Crippen LogP contribution < -0.4 is 5.32 Å². The molecule has 182 valence electrons. The number of hydrogen-bond donors (Lipinski definition) is 3.